The lowest BCUT2D eigenvalue weighted by Gasteiger charge is -2.36. The van der Waals surface area contributed by atoms with E-state index in [2.05, 4.69) is 11.8 Å². The van der Waals surface area contributed by atoms with Gasteiger partial charge in [0.05, 0.1) is 13.2 Å². The number of hydrogen-bond acceptors (Lipinski definition) is 4. The second-order valence-corrected chi connectivity index (χ2v) is 7.48. The third-order valence-corrected chi connectivity index (χ3v) is 5.64. The lowest BCUT2D eigenvalue weighted by molar-refractivity contribution is -0.135. The van der Waals surface area contributed by atoms with Crippen molar-refractivity contribution in [3.8, 4) is 5.75 Å². The highest BCUT2D eigenvalue weighted by molar-refractivity contribution is 5.76. The smallest absolute Gasteiger partial charge is 0.222 e. The lowest BCUT2D eigenvalue weighted by atomic mass is 9.91. The van der Waals surface area contributed by atoms with Gasteiger partial charge in [-0.2, -0.15) is 0 Å². The highest BCUT2D eigenvalue weighted by Crippen LogP contribution is 2.24. The summed E-state index contributed by atoms with van der Waals surface area (Å²) in [7, 11) is 0. The molecule has 2 aliphatic rings. The topological polar surface area (TPSA) is 42.0 Å². The predicted molar refractivity (Wildman–Crippen MR) is 102 cm³/mol. The van der Waals surface area contributed by atoms with Crippen LogP contribution in [0.3, 0.4) is 0 Å². The van der Waals surface area contributed by atoms with Crippen LogP contribution in [-0.2, 0) is 9.53 Å². The molecular weight excluding hydrogens is 328 g/mol. The third-order valence-electron chi connectivity index (χ3n) is 5.64. The zero-order chi connectivity index (χ0) is 18.2. The van der Waals surface area contributed by atoms with E-state index >= 15 is 0 Å². The van der Waals surface area contributed by atoms with Gasteiger partial charge in [-0.15, -0.1) is 0 Å². The number of nitrogens with zero attached hydrogens (tertiary/aromatic N) is 2. The van der Waals surface area contributed by atoms with Gasteiger partial charge in [0.15, 0.2) is 0 Å². The standard InChI is InChI=1S/C21H32N2O3/c1-18(17-26-20-5-3-2-4-6-20)22-11-9-19(10-12-22)7-8-21(24)23-13-15-25-16-14-23/h2-6,18-19H,7-17H2,1H3. The van der Waals surface area contributed by atoms with Gasteiger partial charge in [0.2, 0.25) is 5.91 Å². The number of carbonyl (C=O) groups is 1. The molecule has 1 aromatic rings. The van der Waals surface area contributed by atoms with E-state index in [0.717, 1.165) is 45.0 Å². The van der Waals surface area contributed by atoms with Crippen molar-refractivity contribution in [3.63, 3.8) is 0 Å². The summed E-state index contributed by atoms with van der Waals surface area (Å²) < 4.78 is 11.2. The van der Waals surface area contributed by atoms with Crippen LogP contribution in [0.2, 0.25) is 0 Å². The fourth-order valence-corrected chi connectivity index (χ4v) is 3.82. The second kappa shape index (κ2) is 9.93. The normalized spacial score (nSPS) is 20.7. The molecule has 0 N–H and O–H groups in total. The number of benzene rings is 1. The van der Waals surface area contributed by atoms with Gasteiger partial charge in [0, 0.05) is 25.6 Å². The summed E-state index contributed by atoms with van der Waals surface area (Å²) in [5.41, 5.74) is 0. The van der Waals surface area contributed by atoms with Crippen molar-refractivity contribution in [1.82, 2.24) is 9.80 Å². The Morgan fingerprint density at radius 2 is 1.85 bits per heavy atom. The maximum absolute atomic E-state index is 12.3. The molecule has 5 nitrogen and oxygen atoms in total. The molecule has 1 aromatic carbocycles. The van der Waals surface area contributed by atoms with Crippen LogP contribution >= 0.6 is 0 Å². The van der Waals surface area contributed by atoms with E-state index in [-0.39, 0.29) is 0 Å². The number of amides is 1. The highest BCUT2D eigenvalue weighted by atomic mass is 16.5. The predicted octanol–water partition coefficient (Wildman–Crippen LogP) is 2.80. The van der Waals surface area contributed by atoms with Gasteiger partial charge < -0.3 is 14.4 Å². The summed E-state index contributed by atoms with van der Waals surface area (Å²) in [4.78, 5) is 16.8. The largest absolute Gasteiger partial charge is 0.492 e. The van der Waals surface area contributed by atoms with Crippen LogP contribution in [0.1, 0.15) is 32.6 Å². The average Bonchev–Trinajstić information content (AvgIpc) is 2.72. The van der Waals surface area contributed by atoms with E-state index in [4.69, 9.17) is 9.47 Å². The quantitative estimate of drug-likeness (QED) is 0.750. The second-order valence-electron chi connectivity index (χ2n) is 7.48. The fraction of sp³-hybridized carbons (Fsp3) is 0.667. The third kappa shape index (κ3) is 5.71. The summed E-state index contributed by atoms with van der Waals surface area (Å²) >= 11 is 0. The van der Waals surface area contributed by atoms with E-state index < -0.39 is 0 Å². The average molecular weight is 360 g/mol. The van der Waals surface area contributed by atoms with Gasteiger partial charge in [0.25, 0.3) is 0 Å². The van der Waals surface area contributed by atoms with Crippen molar-refractivity contribution in [2.24, 2.45) is 5.92 Å². The van der Waals surface area contributed by atoms with Gasteiger partial charge in [-0.1, -0.05) is 18.2 Å². The van der Waals surface area contributed by atoms with E-state index in [1.54, 1.807) is 0 Å². The molecule has 1 amide bonds. The van der Waals surface area contributed by atoms with Crippen LogP contribution in [0.5, 0.6) is 5.75 Å². The first-order valence-electron chi connectivity index (χ1n) is 10.00. The fourth-order valence-electron chi connectivity index (χ4n) is 3.82. The molecule has 2 fully saturated rings. The molecule has 5 heteroatoms. The van der Waals surface area contributed by atoms with Crippen molar-refractivity contribution in [3.05, 3.63) is 30.3 Å². The van der Waals surface area contributed by atoms with Crippen molar-refractivity contribution in [2.75, 3.05) is 46.0 Å². The summed E-state index contributed by atoms with van der Waals surface area (Å²) in [6, 6.07) is 10.4. The summed E-state index contributed by atoms with van der Waals surface area (Å²) in [6.07, 6.45) is 4.09. The SMILES string of the molecule is CC(COc1ccccc1)N1CCC(CCC(=O)N2CCOCC2)CC1. The molecule has 0 radical (unpaired) electrons. The van der Waals surface area contributed by atoms with E-state index in [1.807, 2.05) is 35.2 Å². The highest BCUT2D eigenvalue weighted by Gasteiger charge is 2.24. The Balaban J connectivity index is 1.32. The molecule has 144 valence electrons. The number of para-hydroxylation sites is 1. The molecule has 0 saturated carbocycles. The van der Waals surface area contributed by atoms with Gasteiger partial charge in [-0.05, 0) is 57.3 Å². The minimum atomic E-state index is 0.306. The molecule has 1 atom stereocenters. The minimum absolute atomic E-state index is 0.306. The van der Waals surface area contributed by atoms with Crippen molar-refractivity contribution >= 4 is 5.91 Å². The molecule has 1 unspecified atom stereocenters. The van der Waals surface area contributed by atoms with Gasteiger partial charge in [-0.25, -0.2) is 0 Å². The van der Waals surface area contributed by atoms with Gasteiger partial charge >= 0.3 is 0 Å². The van der Waals surface area contributed by atoms with Crippen LogP contribution in [0.4, 0.5) is 0 Å². The zero-order valence-electron chi connectivity index (χ0n) is 15.9. The number of carbonyl (C=O) groups excluding carboxylic acids is 1. The van der Waals surface area contributed by atoms with E-state index in [0.29, 0.717) is 37.5 Å². The van der Waals surface area contributed by atoms with Crippen molar-refractivity contribution in [2.45, 2.75) is 38.6 Å². The first-order chi connectivity index (χ1) is 12.7. The Morgan fingerprint density at radius 3 is 2.54 bits per heavy atom. The number of likely N-dealkylation sites (tertiary alicyclic amines) is 1. The molecule has 3 rings (SSSR count). The number of piperidine rings is 1. The summed E-state index contributed by atoms with van der Waals surface area (Å²) in [6.45, 7) is 8.08. The molecule has 0 spiro atoms. The van der Waals surface area contributed by atoms with Crippen LogP contribution in [-0.4, -0.2) is 67.7 Å². The van der Waals surface area contributed by atoms with Crippen molar-refractivity contribution < 1.29 is 14.3 Å². The number of morpholine rings is 1. The van der Waals surface area contributed by atoms with Crippen LogP contribution in [0.25, 0.3) is 0 Å². The summed E-state index contributed by atoms with van der Waals surface area (Å²) in [5, 5.41) is 0. The van der Waals surface area contributed by atoms with E-state index in [9.17, 15) is 4.79 Å². The molecule has 2 saturated heterocycles. The Bertz CT molecular complexity index is 537. The van der Waals surface area contributed by atoms with E-state index in [1.165, 1.54) is 12.8 Å². The van der Waals surface area contributed by atoms with Crippen LogP contribution < -0.4 is 4.74 Å². The maximum Gasteiger partial charge on any atom is 0.222 e. The van der Waals surface area contributed by atoms with Crippen LogP contribution in [0.15, 0.2) is 30.3 Å². The first kappa shape index (κ1) is 19.2. The maximum atomic E-state index is 12.3. The monoisotopic (exact) mass is 360 g/mol. The number of ether oxygens (including phenoxy) is 2. The molecule has 0 aliphatic carbocycles. The molecule has 0 aromatic heterocycles. The Morgan fingerprint density at radius 1 is 1.15 bits per heavy atom. The molecular formula is C21H32N2O3. The molecule has 2 aliphatic heterocycles. The molecule has 2 heterocycles. The van der Waals surface area contributed by atoms with Crippen molar-refractivity contribution in [1.29, 1.82) is 0 Å². The Labute approximate surface area is 157 Å². The van der Waals surface area contributed by atoms with Gasteiger partial charge in [-0.3, -0.25) is 9.69 Å². The first-order valence-corrected chi connectivity index (χ1v) is 10.00. The van der Waals surface area contributed by atoms with Gasteiger partial charge in [0.1, 0.15) is 12.4 Å². The Kier molecular flexibility index (Phi) is 7.32. The molecule has 26 heavy (non-hydrogen) atoms. The summed E-state index contributed by atoms with van der Waals surface area (Å²) in [5.74, 6) is 1.93. The number of hydrogen-bond donors (Lipinski definition) is 0. The minimum Gasteiger partial charge on any atom is -0.492 e. The molecule has 0 bridgehead atoms. The van der Waals surface area contributed by atoms with Crippen LogP contribution in [0, 0.1) is 5.92 Å². The lowest BCUT2D eigenvalue weighted by Crippen LogP contribution is -2.43. The zero-order valence-corrected chi connectivity index (χ0v) is 15.9. The Hall–Kier alpha value is -1.59. The number of rotatable bonds is 7.